The van der Waals surface area contributed by atoms with Gasteiger partial charge in [0.2, 0.25) is 10.0 Å². The number of aliphatic hydroxyl groups is 1. The van der Waals surface area contributed by atoms with Gasteiger partial charge in [-0.05, 0) is 44.7 Å². The maximum absolute atomic E-state index is 11.9. The molecule has 30 heavy (non-hydrogen) atoms. The van der Waals surface area contributed by atoms with Crippen LogP contribution in [0.1, 0.15) is 62.2 Å². The highest BCUT2D eigenvalue weighted by Gasteiger charge is 2.16. The zero-order chi connectivity index (χ0) is 22.6. The lowest BCUT2D eigenvalue weighted by Gasteiger charge is -2.20. The Morgan fingerprint density at radius 3 is 2.40 bits per heavy atom. The number of carboxylic acids is 1. The minimum absolute atomic E-state index is 0.0593. The number of carbonyl (C=O) groups is 2. The minimum Gasteiger partial charge on any atom is -0.491 e. The first-order valence-corrected chi connectivity index (χ1v) is 12.0. The molecule has 1 aromatic carbocycles. The molecule has 0 aliphatic carbocycles. The second kappa shape index (κ2) is 13.4. The van der Waals surface area contributed by atoms with E-state index in [1.165, 1.54) is 17.5 Å². The van der Waals surface area contributed by atoms with Crippen molar-refractivity contribution in [1.82, 2.24) is 4.31 Å². The minimum atomic E-state index is -3.34. The van der Waals surface area contributed by atoms with Crippen LogP contribution in [0.5, 0.6) is 5.75 Å². The van der Waals surface area contributed by atoms with E-state index >= 15 is 0 Å². The van der Waals surface area contributed by atoms with Crippen molar-refractivity contribution in [2.24, 2.45) is 0 Å². The van der Waals surface area contributed by atoms with E-state index in [-0.39, 0.29) is 18.8 Å². The van der Waals surface area contributed by atoms with Crippen molar-refractivity contribution in [3.63, 3.8) is 0 Å². The van der Waals surface area contributed by atoms with Gasteiger partial charge >= 0.3 is 5.97 Å². The molecule has 0 fully saturated rings. The van der Waals surface area contributed by atoms with E-state index in [2.05, 4.69) is 0 Å². The molecule has 0 amide bonds. The molecule has 1 atom stereocenters. The lowest BCUT2D eigenvalue weighted by atomic mass is 10.1. The number of carbonyl (C=O) groups excluding carboxylic acids is 1. The van der Waals surface area contributed by atoms with Crippen LogP contribution in [-0.4, -0.2) is 66.7 Å². The summed E-state index contributed by atoms with van der Waals surface area (Å²) >= 11 is 0. The fraction of sp³-hybridized carbons (Fsp3) is 0.619. The Hall–Kier alpha value is -1.97. The number of rotatable bonds is 16. The number of unbranched alkanes of at least 4 members (excludes halogenated alkanes) is 3. The van der Waals surface area contributed by atoms with Crippen molar-refractivity contribution in [3.05, 3.63) is 29.8 Å². The zero-order valence-corrected chi connectivity index (χ0v) is 18.6. The Labute approximate surface area is 178 Å². The molecule has 2 N–H and O–H groups in total. The maximum atomic E-state index is 11.9. The van der Waals surface area contributed by atoms with Gasteiger partial charge in [0.15, 0.2) is 5.78 Å². The third kappa shape index (κ3) is 11.3. The molecule has 1 rings (SSSR count). The molecule has 0 bridgehead atoms. The largest absolute Gasteiger partial charge is 0.491 e. The first-order chi connectivity index (χ1) is 14.1. The maximum Gasteiger partial charge on any atom is 0.303 e. The number of nitrogens with zero attached hydrogens (tertiary/aromatic N) is 1. The number of sulfonamides is 1. The van der Waals surface area contributed by atoms with Crippen LogP contribution in [0, 0.1) is 0 Å². The van der Waals surface area contributed by atoms with Gasteiger partial charge in [0.1, 0.15) is 12.4 Å². The van der Waals surface area contributed by atoms with Gasteiger partial charge in [-0.25, -0.2) is 12.7 Å². The standard InChI is InChI=1S/C21H33NO7S/c1-17(23)18-9-7-11-20(15-18)29-16-19(24)10-8-14-22(30(2,27)28)13-6-4-3-5-12-21(25)26/h7,9,11,15,19,24H,3-6,8,10,12-14,16H2,1-2H3,(H,25,26). The number of aliphatic carboxylic acids is 1. The topological polar surface area (TPSA) is 121 Å². The Morgan fingerprint density at radius 1 is 1.10 bits per heavy atom. The highest BCUT2D eigenvalue weighted by atomic mass is 32.2. The number of benzene rings is 1. The van der Waals surface area contributed by atoms with Crippen molar-refractivity contribution in [3.8, 4) is 5.75 Å². The Balaban J connectivity index is 2.33. The number of hydrogen-bond acceptors (Lipinski definition) is 6. The number of aliphatic hydroxyl groups excluding tert-OH is 1. The lowest BCUT2D eigenvalue weighted by Crippen LogP contribution is -2.32. The predicted molar refractivity (Wildman–Crippen MR) is 114 cm³/mol. The van der Waals surface area contributed by atoms with Crippen molar-refractivity contribution < 1.29 is 33.0 Å². The lowest BCUT2D eigenvalue weighted by molar-refractivity contribution is -0.137. The van der Waals surface area contributed by atoms with E-state index in [1.807, 2.05) is 0 Å². The average Bonchev–Trinajstić information content (AvgIpc) is 2.66. The molecule has 170 valence electrons. The summed E-state index contributed by atoms with van der Waals surface area (Å²) in [6, 6.07) is 6.74. The average molecular weight is 444 g/mol. The molecule has 0 saturated carbocycles. The summed E-state index contributed by atoms with van der Waals surface area (Å²) in [4.78, 5) is 21.9. The Bertz CT molecular complexity index is 779. The molecule has 0 heterocycles. The van der Waals surface area contributed by atoms with Crippen molar-refractivity contribution in [2.75, 3.05) is 26.0 Å². The van der Waals surface area contributed by atoms with Crippen LogP contribution in [0.2, 0.25) is 0 Å². The van der Waals surface area contributed by atoms with Crippen LogP contribution in [0.3, 0.4) is 0 Å². The van der Waals surface area contributed by atoms with E-state index in [9.17, 15) is 23.1 Å². The first kappa shape index (κ1) is 26.1. The van der Waals surface area contributed by atoms with Crippen LogP contribution < -0.4 is 4.74 Å². The normalized spacial score (nSPS) is 12.7. The number of hydrogen-bond donors (Lipinski definition) is 2. The third-order valence-corrected chi connectivity index (χ3v) is 5.95. The summed E-state index contributed by atoms with van der Waals surface area (Å²) in [5.41, 5.74) is 0.536. The number of ketones is 1. The van der Waals surface area contributed by atoms with Gasteiger partial charge in [-0.1, -0.05) is 25.0 Å². The summed E-state index contributed by atoms with van der Waals surface area (Å²) in [6.45, 7) is 2.22. The third-order valence-electron chi connectivity index (χ3n) is 4.64. The SMILES string of the molecule is CC(=O)c1cccc(OCC(O)CCCN(CCCCCCC(=O)O)S(C)(=O)=O)c1. The molecule has 0 aliphatic heterocycles. The molecular formula is C21H33NO7S. The van der Waals surface area contributed by atoms with Crippen LogP contribution >= 0.6 is 0 Å². The van der Waals surface area contributed by atoms with Gasteiger partial charge < -0.3 is 14.9 Å². The highest BCUT2D eigenvalue weighted by molar-refractivity contribution is 7.88. The monoisotopic (exact) mass is 443 g/mol. The van der Waals surface area contributed by atoms with E-state index in [4.69, 9.17) is 9.84 Å². The number of Topliss-reactive ketones (excluding diaryl/α,β-unsaturated/α-hetero) is 1. The highest BCUT2D eigenvalue weighted by Crippen LogP contribution is 2.15. The summed E-state index contributed by atoms with van der Waals surface area (Å²) < 4.78 is 30.8. The van der Waals surface area contributed by atoms with Gasteiger partial charge in [0.25, 0.3) is 0 Å². The summed E-state index contributed by atoms with van der Waals surface area (Å²) in [5.74, 6) is -0.381. The second-order valence-corrected chi connectivity index (χ2v) is 9.39. The van der Waals surface area contributed by atoms with E-state index in [0.717, 1.165) is 12.8 Å². The van der Waals surface area contributed by atoms with Crippen LogP contribution in [0.4, 0.5) is 0 Å². The van der Waals surface area contributed by atoms with Crippen LogP contribution in [-0.2, 0) is 14.8 Å². The second-order valence-electron chi connectivity index (χ2n) is 7.41. The Kier molecular flexibility index (Phi) is 11.6. The van der Waals surface area contributed by atoms with Crippen LogP contribution in [0.15, 0.2) is 24.3 Å². The smallest absolute Gasteiger partial charge is 0.303 e. The van der Waals surface area contributed by atoms with Gasteiger partial charge in [0.05, 0.1) is 12.4 Å². The fourth-order valence-corrected chi connectivity index (χ4v) is 3.87. The molecule has 0 saturated heterocycles. The fourth-order valence-electron chi connectivity index (χ4n) is 2.95. The van der Waals surface area contributed by atoms with Gasteiger partial charge in [0, 0.05) is 25.1 Å². The van der Waals surface area contributed by atoms with Gasteiger partial charge in [-0.15, -0.1) is 0 Å². The van der Waals surface area contributed by atoms with E-state index < -0.39 is 22.1 Å². The van der Waals surface area contributed by atoms with E-state index in [1.54, 1.807) is 24.3 Å². The van der Waals surface area contributed by atoms with Crippen molar-refractivity contribution >= 4 is 21.8 Å². The molecule has 1 aromatic rings. The van der Waals surface area contributed by atoms with Gasteiger partial charge in [-0.3, -0.25) is 9.59 Å². The van der Waals surface area contributed by atoms with Gasteiger partial charge in [-0.2, -0.15) is 0 Å². The molecule has 9 heteroatoms. The summed E-state index contributed by atoms with van der Waals surface area (Å²) in [7, 11) is -3.34. The van der Waals surface area contributed by atoms with E-state index in [0.29, 0.717) is 50.1 Å². The molecule has 0 spiro atoms. The number of carboxylic acid groups (broad SMARTS) is 1. The first-order valence-electron chi connectivity index (χ1n) is 10.2. The van der Waals surface area contributed by atoms with Crippen molar-refractivity contribution in [2.45, 2.75) is 58.0 Å². The summed E-state index contributed by atoms with van der Waals surface area (Å²) in [6.07, 6.45) is 4.22. The van der Waals surface area contributed by atoms with Crippen LogP contribution in [0.25, 0.3) is 0 Å². The predicted octanol–water partition coefficient (Wildman–Crippen LogP) is 2.71. The molecule has 0 aromatic heterocycles. The summed E-state index contributed by atoms with van der Waals surface area (Å²) in [5, 5.41) is 18.7. The zero-order valence-electron chi connectivity index (χ0n) is 17.7. The van der Waals surface area contributed by atoms with Crippen molar-refractivity contribution in [1.29, 1.82) is 0 Å². The molecule has 8 nitrogen and oxygen atoms in total. The Morgan fingerprint density at radius 2 is 1.77 bits per heavy atom. The molecule has 1 unspecified atom stereocenters. The number of ether oxygens (including phenoxy) is 1. The molecule has 0 aliphatic rings. The molecular weight excluding hydrogens is 410 g/mol. The molecule has 0 radical (unpaired) electrons. The quantitative estimate of drug-likeness (QED) is 0.298.